The van der Waals surface area contributed by atoms with Crippen molar-refractivity contribution in [1.29, 1.82) is 0 Å². The lowest BCUT2D eigenvalue weighted by molar-refractivity contribution is 0.596. The fraction of sp³-hybridized carbons (Fsp3) is 0.0833. The molecule has 1 heterocycles. The van der Waals surface area contributed by atoms with Crippen LogP contribution in [0, 0.1) is 5.82 Å². The van der Waals surface area contributed by atoms with Gasteiger partial charge in [0.2, 0.25) is 0 Å². The third-order valence-corrected chi connectivity index (χ3v) is 3.43. The molecule has 0 aliphatic carbocycles. The molecule has 0 aliphatic rings. The molecule has 0 aliphatic heterocycles. The van der Waals surface area contributed by atoms with Crippen molar-refractivity contribution in [2.24, 2.45) is 0 Å². The SMILES string of the molecule is Nc1ccc(Cn2cc(Br)cc(Br)c2=O)c(F)c1. The summed E-state index contributed by atoms with van der Waals surface area (Å²) >= 11 is 6.45. The molecule has 0 spiro atoms. The molecule has 2 aromatic rings. The van der Waals surface area contributed by atoms with Crippen molar-refractivity contribution in [3.63, 3.8) is 0 Å². The highest BCUT2D eigenvalue weighted by molar-refractivity contribution is 9.11. The highest BCUT2D eigenvalue weighted by atomic mass is 79.9. The smallest absolute Gasteiger partial charge is 0.265 e. The molecule has 0 unspecified atom stereocenters. The molecular weight excluding hydrogens is 367 g/mol. The van der Waals surface area contributed by atoms with Crippen LogP contribution in [0.1, 0.15) is 5.56 Å². The van der Waals surface area contributed by atoms with Crippen LogP contribution in [0.3, 0.4) is 0 Å². The van der Waals surface area contributed by atoms with Crippen molar-refractivity contribution in [2.45, 2.75) is 6.54 Å². The van der Waals surface area contributed by atoms with Gasteiger partial charge in [0.25, 0.3) is 5.56 Å². The van der Waals surface area contributed by atoms with Crippen LogP contribution in [0.2, 0.25) is 0 Å². The van der Waals surface area contributed by atoms with E-state index in [0.29, 0.717) is 15.7 Å². The van der Waals surface area contributed by atoms with Gasteiger partial charge < -0.3 is 10.3 Å². The Morgan fingerprint density at radius 1 is 1.28 bits per heavy atom. The van der Waals surface area contributed by atoms with Crippen LogP contribution < -0.4 is 11.3 Å². The van der Waals surface area contributed by atoms with Crippen molar-refractivity contribution in [1.82, 2.24) is 4.57 Å². The van der Waals surface area contributed by atoms with E-state index >= 15 is 0 Å². The first kappa shape index (κ1) is 13.3. The predicted molar refractivity (Wildman–Crippen MR) is 76.0 cm³/mol. The summed E-state index contributed by atoms with van der Waals surface area (Å²) in [6.45, 7) is 0.156. The third-order valence-electron chi connectivity index (χ3n) is 2.43. The first-order chi connectivity index (χ1) is 8.47. The molecule has 2 N–H and O–H groups in total. The van der Waals surface area contributed by atoms with Gasteiger partial charge in [0.15, 0.2) is 0 Å². The van der Waals surface area contributed by atoms with Gasteiger partial charge >= 0.3 is 0 Å². The van der Waals surface area contributed by atoms with E-state index in [2.05, 4.69) is 31.9 Å². The fourth-order valence-corrected chi connectivity index (χ4v) is 2.82. The van der Waals surface area contributed by atoms with Crippen LogP contribution in [0.4, 0.5) is 10.1 Å². The zero-order valence-corrected chi connectivity index (χ0v) is 12.3. The number of hydrogen-bond acceptors (Lipinski definition) is 2. The number of rotatable bonds is 2. The minimum Gasteiger partial charge on any atom is -0.399 e. The maximum absolute atomic E-state index is 13.7. The van der Waals surface area contributed by atoms with E-state index < -0.39 is 5.82 Å². The van der Waals surface area contributed by atoms with Gasteiger partial charge in [0, 0.05) is 21.9 Å². The van der Waals surface area contributed by atoms with Gasteiger partial charge in [-0.3, -0.25) is 4.79 Å². The van der Waals surface area contributed by atoms with Crippen molar-refractivity contribution >= 4 is 37.5 Å². The predicted octanol–water partition coefficient (Wildman–Crippen LogP) is 3.14. The summed E-state index contributed by atoms with van der Waals surface area (Å²) in [6.07, 6.45) is 1.61. The third kappa shape index (κ3) is 2.81. The van der Waals surface area contributed by atoms with Crippen LogP contribution >= 0.6 is 31.9 Å². The van der Waals surface area contributed by atoms with Crippen LogP contribution in [0.25, 0.3) is 0 Å². The Morgan fingerprint density at radius 2 is 2.00 bits per heavy atom. The second-order valence-corrected chi connectivity index (χ2v) is 5.56. The molecule has 94 valence electrons. The Labute approximate surface area is 120 Å². The summed E-state index contributed by atoms with van der Waals surface area (Å²) in [4.78, 5) is 11.9. The monoisotopic (exact) mass is 374 g/mol. The topological polar surface area (TPSA) is 48.0 Å². The van der Waals surface area contributed by atoms with E-state index in [0.717, 1.165) is 4.47 Å². The number of pyridine rings is 1. The Kier molecular flexibility index (Phi) is 3.87. The number of anilines is 1. The van der Waals surface area contributed by atoms with E-state index in [1.165, 1.54) is 10.6 Å². The van der Waals surface area contributed by atoms with Crippen molar-refractivity contribution < 1.29 is 4.39 Å². The fourth-order valence-electron chi connectivity index (χ4n) is 1.56. The molecule has 0 atom stereocenters. The molecule has 0 fully saturated rings. The number of nitrogens with two attached hydrogens (primary N) is 1. The Bertz CT molecular complexity index is 655. The molecular formula is C12H9Br2FN2O. The van der Waals surface area contributed by atoms with Crippen LogP contribution in [0.15, 0.2) is 44.2 Å². The lowest BCUT2D eigenvalue weighted by atomic mass is 10.2. The molecule has 0 saturated carbocycles. The molecule has 2 rings (SSSR count). The average Bonchev–Trinajstić information content (AvgIpc) is 2.29. The van der Waals surface area contributed by atoms with E-state index in [-0.39, 0.29) is 12.1 Å². The standard InChI is InChI=1S/C12H9Br2FN2O/c13-8-3-10(14)12(18)17(6-8)5-7-1-2-9(16)4-11(7)15/h1-4,6H,5,16H2. The zero-order chi connectivity index (χ0) is 13.3. The van der Waals surface area contributed by atoms with Gasteiger partial charge in [-0.25, -0.2) is 4.39 Å². The second kappa shape index (κ2) is 5.24. The molecule has 6 heteroatoms. The van der Waals surface area contributed by atoms with Crippen molar-refractivity contribution in [2.75, 3.05) is 5.73 Å². The summed E-state index contributed by atoms with van der Waals surface area (Å²) in [6, 6.07) is 6.08. The van der Waals surface area contributed by atoms with Crippen LogP contribution in [-0.4, -0.2) is 4.57 Å². The van der Waals surface area contributed by atoms with Gasteiger partial charge in [0.1, 0.15) is 5.82 Å². The summed E-state index contributed by atoms with van der Waals surface area (Å²) in [5.74, 6) is -0.419. The summed E-state index contributed by atoms with van der Waals surface area (Å²) in [5, 5.41) is 0. The first-order valence-electron chi connectivity index (χ1n) is 5.07. The largest absolute Gasteiger partial charge is 0.399 e. The van der Waals surface area contributed by atoms with E-state index in [9.17, 15) is 9.18 Å². The number of halogens is 3. The molecule has 18 heavy (non-hydrogen) atoms. The molecule has 3 nitrogen and oxygen atoms in total. The van der Waals surface area contributed by atoms with Crippen LogP contribution in [0.5, 0.6) is 0 Å². The number of hydrogen-bond donors (Lipinski definition) is 1. The number of benzene rings is 1. The Hall–Kier alpha value is -1.14. The van der Waals surface area contributed by atoms with Gasteiger partial charge in [0.05, 0.1) is 11.0 Å². The highest BCUT2D eigenvalue weighted by Gasteiger charge is 2.07. The maximum atomic E-state index is 13.7. The normalized spacial score (nSPS) is 10.6. The molecule has 0 saturated heterocycles. The van der Waals surface area contributed by atoms with Gasteiger partial charge in [-0.15, -0.1) is 0 Å². The minimum absolute atomic E-state index is 0.156. The molecule has 1 aromatic carbocycles. The van der Waals surface area contributed by atoms with Gasteiger partial charge in [-0.1, -0.05) is 6.07 Å². The molecule has 1 aromatic heterocycles. The Morgan fingerprint density at radius 3 is 2.67 bits per heavy atom. The van der Waals surface area contributed by atoms with Gasteiger partial charge in [-0.05, 0) is 50.1 Å². The van der Waals surface area contributed by atoms with Crippen molar-refractivity contribution in [3.8, 4) is 0 Å². The van der Waals surface area contributed by atoms with Crippen LogP contribution in [-0.2, 0) is 6.54 Å². The summed E-state index contributed by atoms with van der Waals surface area (Å²) in [7, 11) is 0. The van der Waals surface area contributed by atoms with E-state index in [1.807, 2.05) is 0 Å². The maximum Gasteiger partial charge on any atom is 0.265 e. The number of nitrogen functional groups attached to an aromatic ring is 1. The molecule has 0 bridgehead atoms. The lowest BCUT2D eigenvalue weighted by Crippen LogP contribution is -2.21. The van der Waals surface area contributed by atoms with Gasteiger partial charge in [-0.2, -0.15) is 0 Å². The average molecular weight is 376 g/mol. The highest BCUT2D eigenvalue weighted by Crippen LogP contribution is 2.16. The minimum atomic E-state index is -0.419. The second-order valence-electron chi connectivity index (χ2n) is 3.79. The summed E-state index contributed by atoms with van der Waals surface area (Å²) < 4.78 is 16.2. The summed E-state index contributed by atoms with van der Waals surface area (Å²) in [5.41, 5.74) is 6.04. The Balaban J connectivity index is 2.43. The number of nitrogens with zero attached hydrogens (tertiary/aromatic N) is 1. The van der Waals surface area contributed by atoms with E-state index in [1.54, 1.807) is 24.4 Å². The number of aromatic nitrogens is 1. The zero-order valence-electron chi connectivity index (χ0n) is 9.16. The van der Waals surface area contributed by atoms with E-state index in [4.69, 9.17) is 5.73 Å². The molecule has 0 amide bonds. The quantitative estimate of drug-likeness (QED) is 0.819. The first-order valence-corrected chi connectivity index (χ1v) is 6.65. The molecule has 0 radical (unpaired) electrons. The lowest BCUT2D eigenvalue weighted by Gasteiger charge is -2.08. The van der Waals surface area contributed by atoms with Crippen molar-refractivity contribution in [3.05, 3.63) is 61.1 Å².